The highest BCUT2D eigenvalue weighted by Crippen LogP contribution is 2.29. The number of thioether (sulfide) groups is 1. The Hall–Kier alpha value is -2.58. The normalized spacial score (nSPS) is 10.6. The molecule has 0 saturated heterocycles. The lowest BCUT2D eigenvalue weighted by Crippen LogP contribution is -2.43. The number of hydrazine groups is 1. The van der Waals surface area contributed by atoms with Crippen LogP contribution in [0.5, 0.6) is 5.75 Å². The fourth-order valence-electron chi connectivity index (χ4n) is 2.35. The lowest BCUT2D eigenvalue weighted by molar-refractivity contribution is -0.129. The number of nitrogens with one attached hydrogen (secondary N) is 2. The third kappa shape index (κ3) is 5.97. The van der Waals surface area contributed by atoms with Gasteiger partial charge in [-0.05, 0) is 36.2 Å². The Morgan fingerprint density at radius 1 is 1.07 bits per heavy atom. The van der Waals surface area contributed by atoms with E-state index in [0.717, 1.165) is 21.0 Å². The van der Waals surface area contributed by atoms with Gasteiger partial charge in [-0.2, -0.15) is 0 Å². The van der Waals surface area contributed by atoms with Crippen LogP contribution in [0.3, 0.4) is 0 Å². The first-order valence-corrected chi connectivity index (χ1v) is 10.7. The number of para-hydroxylation sites is 1. The predicted octanol–water partition coefficient (Wildman–Crippen LogP) is 3.57. The number of nitrogens with zero attached hydrogens (tertiary/aromatic N) is 1. The molecule has 3 rings (SSSR count). The van der Waals surface area contributed by atoms with Gasteiger partial charge in [0.1, 0.15) is 5.75 Å². The number of aryl methyl sites for hydroxylation is 1. The van der Waals surface area contributed by atoms with Crippen molar-refractivity contribution in [3.63, 3.8) is 0 Å². The summed E-state index contributed by atoms with van der Waals surface area (Å²) in [4.78, 5) is 28.1. The second-order valence-corrected chi connectivity index (χ2v) is 8.30. The van der Waals surface area contributed by atoms with Crippen LogP contribution in [0.4, 0.5) is 0 Å². The van der Waals surface area contributed by atoms with Crippen LogP contribution in [-0.4, -0.2) is 29.2 Å². The highest BCUT2D eigenvalue weighted by atomic mass is 32.2. The number of aromatic nitrogens is 1. The highest BCUT2D eigenvalue weighted by molar-refractivity contribution is 8.01. The summed E-state index contributed by atoms with van der Waals surface area (Å²) in [5.41, 5.74) is 6.93. The number of benzene rings is 2. The molecule has 146 valence electrons. The van der Waals surface area contributed by atoms with Crippen molar-refractivity contribution in [1.29, 1.82) is 0 Å². The number of hydrogen-bond acceptors (Lipinski definition) is 6. The van der Waals surface area contributed by atoms with Crippen LogP contribution < -0.4 is 15.6 Å². The van der Waals surface area contributed by atoms with Crippen molar-refractivity contribution < 1.29 is 14.3 Å². The van der Waals surface area contributed by atoms with Crippen LogP contribution in [0.2, 0.25) is 0 Å². The Morgan fingerprint density at radius 2 is 1.82 bits per heavy atom. The third-order valence-electron chi connectivity index (χ3n) is 3.87. The number of ether oxygens (including phenoxy) is 1. The standard InChI is InChI=1S/C20H21N3O3S2/c1-2-14-7-9-15(10-8-14)26-13-19(25)23-22-18(24)11-12-27-20-21-16-5-3-4-6-17(16)28-20/h3-10H,2,11-13H2,1H3,(H,22,24)(H,23,25). The van der Waals surface area contributed by atoms with Gasteiger partial charge in [-0.3, -0.25) is 20.4 Å². The topological polar surface area (TPSA) is 80.3 Å². The molecule has 2 amide bonds. The van der Waals surface area contributed by atoms with E-state index < -0.39 is 5.91 Å². The molecule has 0 aliphatic heterocycles. The SMILES string of the molecule is CCc1ccc(OCC(=O)NNC(=O)CCSc2nc3ccccc3s2)cc1. The molecule has 0 fully saturated rings. The largest absolute Gasteiger partial charge is 0.484 e. The van der Waals surface area contributed by atoms with E-state index >= 15 is 0 Å². The number of amides is 2. The van der Waals surface area contributed by atoms with Crippen molar-refractivity contribution in [1.82, 2.24) is 15.8 Å². The Labute approximate surface area is 171 Å². The number of rotatable bonds is 8. The molecule has 3 aromatic rings. The summed E-state index contributed by atoms with van der Waals surface area (Å²) in [5, 5.41) is 0. The minimum absolute atomic E-state index is 0.161. The summed E-state index contributed by atoms with van der Waals surface area (Å²) in [6.07, 6.45) is 1.23. The first kappa shape index (κ1) is 20.2. The van der Waals surface area contributed by atoms with E-state index in [-0.39, 0.29) is 18.9 Å². The van der Waals surface area contributed by atoms with E-state index in [1.165, 1.54) is 17.3 Å². The second kappa shape index (κ2) is 10.1. The fraction of sp³-hybridized carbons (Fsp3) is 0.250. The summed E-state index contributed by atoms with van der Waals surface area (Å²) in [5.74, 6) is 0.536. The molecular weight excluding hydrogens is 394 g/mol. The van der Waals surface area contributed by atoms with Crippen molar-refractivity contribution in [3.8, 4) is 5.75 Å². The van der Waals surface area contributed by atoms with Crippen molar-refractivity contribution in [2.24, 2.45) is 0 Å². The van der Waals surface area contributed by atoms with E-state index in [0.29, 0.717) is 11.5 Å². The van der Waals surface area contributed by atoms with Gasteiger partial charge in [-0.1, -0.05) is 43.0 Å². The summed E-state index contributed by atoms with van der Waals surface area (Å²) in [6, 6.07) is 15.5. The van der Waals surface area contributed by atoms with Crippen LogP contribution in [-0.2, 0) is 16.0 Å². The minimum Gasteiger partial charge on any atom is -0.484 e. The highest BCUT2D eigenvalue weighted by Gasteiger charge is 2.08. The van der Waals surface area contributed by atoms with E-state index in [9.17, 15) is 9.59 Å². The molecule has 0 bridgehead atoms. The number of carbonyl (C=O) groups is 2. The van der Waals surface area contributed by atoms with Gasteiger partial charge in [0, 0.05) is 12.2 Å². The van der Waals surface area contributed by atoms with Crippen molar-refractivity contribution >= 4 is 45.1 Å². The maximum atomic E-state index is 11.9. The Balaban J connectivity index is 1.32. The molecule has 0 aliphatic carbocycles. The summed E-state index contributed by atoms with van der Waals surface area (Å²) >= 11 is 3.14. The average molecular weight is 416 g/mol. The Bertz CT molecular complexity index is 908. The molecule has 1 aromatic heterocycles. The zero-order chi connectivity index (χ0) is 19.8. The minimum atomic E-state index is -0.410. The molecule has 0 saturated carbocycles. The smallest absolute Gasteiger partial charge is 0.276 e. The van der Waals surface area contributed by atoms with E-state index in [2.05, 4.69) is 22.8 Å². The summed E-state index contributed by atoms with van der Waals surface area (Å²) < 4.78 is 7.45. The van der Waals surface area contributed by atoms with Crippen LogP contribution in [0.1, 0.15) is 18.9 Å². The van der Waals surface area contributed by atoms with Gasteiger partial charge >= 0.3 is 0 Å². The molecule has 0 radical (unpaired) electrons. The van der Waals surface area contributed by atoms with Crippen LogP contribution in [0, 0.1) is 0 Å². The molecule has 0 unspecified atom stereocenters. The molecule has 28 heavy (non-hydrogen) atoms. The first-order chi connectivity index (χ1) is 13.6. The third-order valence-corrected chi connectivity index (χ3v) is 6.05. The van der Waals surface area contributed by atoms with Gasteiger partial charge in [0.15, 0.2) is 10.9 Å². The summed E-state index contributed by atoms with van der Waals surface area (Å²) in [6.45, 7) is 1.91. The molecule has 1 heterocycles. The molecule has 8 heteroatoms. The molecule has 0 aliphatic rings. The molecular formula is C20H21N3O3S2. The maximum Gasteiger partial charge on any atom is 0.276 e. The maximum absolute atomic E-state index is 11.9. The van der Waals surface area contributed by atoms with Crippen LogP contribution >= 0.6 is 23.1 Å². The first-order valence-electron chi connectivity index (χ1n) is 8.92. The molecule has 0 atom stereocenters. The van der Waals surface area contributed by atoms with Gasteiger partial charge < -0.3 is 4.74 Å². The number of hydrogen-bond donors (Lipinski definition) is 2. The van der Waals surface area contributed by atoms with Gasteiger partial charge in [-0.15, -0.1) is 11.3 Å². The van der Waals surface area contributed by atoms with Gasteiger partial charge in [-0.25, -0.2) is 4.98 Å². The lowest BCUT2D eigenvalue weighted by atomic mass is 10.2. The van der Waals surface area contributed by atoms with Crippen molar-refractivity contribution in [2.75, 3.05) is 12.4 Å². The van der Waals surface area contributed by atoms with Crippen molar-refractivity contribution in [3.05, 3.63) is 54.1 Å². The monoisotopic (exact) mass is 415 g/mol. The predicted molar refractivity (Wildman–Crippen MR) is 113 cm³/mol. The lowest BCUT2D eigenvalue weighted by Gasteiger charge is -2.09. The average Bonchev–Trinajstić information content (AvgIpc) is 3.14. The second-order valence-electron chi connectivity index (χ2n) is 5.93. The van der Waals surface area contributed by atoms with E-state index in [1.807, 2.05) is 48.5 Å². The van der Waals surface area contributed by atoms with E-state index in [1.54, 1.807) is 11.3 Å². The Morgan fingerprint density at radius 3 is 2.57 bits per heavy atom. The number of fused-ring (bicyclic) bond motifs is 1. The number of thiazole rings is 1. The molecule has 2 aromatic carbocycles. The number of carbonyl (C=O) groups excluding carboxylic acids is 2. The zero-order valence-corrected chi connectivity index (χ0v) is 17.1. The van der Waals surface area contributed by atoms with Crippen LogP contribution in [0.25, 0.3) is 10.2 Å². The molecule has 2 N–H and O–H groups in total. The van der Waals surface area contributed by atoms with Gasteiger partial charge in [0.05, 0.1) is 10.2 Å². The van der Waals surface area contributed by atoms with Crippen LogP contribution in [0.15, 0.2) is 52.9 Å². The fourth-order valence-corrected chi connectivity index (χ4v) is 4.43. The molecule has 6 nitrogen and oxygen atoms in total. The zero-order valence-electron chi connectivity index (χ0n) is 15.4. The summed E-state index contributed by atoms with van der Waals surface area (Å²) in [7, 11) is 0. The van der Waals surface area contributed by atoms with Gasteiger partial charge in [0.25, 0.3) is 5.91 Å². The van der Waals surface area contributed by atoms with E-state index in [4.69, 9.17) is 4.74 Å². The van der Waals surface area contributed by atoms with Crippen molar-refractivity contribution in [2.45, 2.75) is 24.1 Å². The molecule has 0 spiro atoms. The Kier molecular flexibility index (Phi) is 7.27. The quantitative estimate of drug-likeness (QED) is 0.434. The van der Waals surface area contributed by atoms with Gasteiger partial charge in [0.2, 0.25) is 5.91 Å².